The van der Waals surface area contributed by atoms with Crippen LogP contribution in [0.15, 0.2) is 5.38 Å². The van der Waals surface area contributed by atoms with E-state index in [1.54, 1.807) is 12.3 Å². The molecule has 62 valence electrons. The van der Waals surface area contributed by atoms with Crippen molar-refractivity contribution >= 4 is 22.2 Å². The Balaban J connectivity index is 0.000000461. The van der Waals surface area contributed by atoms with Gasteiger partial charge in [0.2, 0.25) is 0 Å². The first-order valence-corrected chi connectivity index (χ1v) is 3.92. The highest BCUT2D eigenvalue weighted by molar-refractivity contribution is 7.13. The summed E-state index contributed by atoms with van der Waals surface area (Å²) < 4.78 is 0. The topological polar surface area (TPSA) is 88.8 Å². The van der Waals surface area contributed by atoms with Crippen LogP contribution in [0.5, 0.6) is 0 Å². The lowest BCUT2D eigenvalue weighted by molar-refractivity contribution is 1.34. The minimum Gasteiger partial charge on any atom is -0.375 e. The third-order valence-corrected chi connectivity index (χ3v) is 1.58. The van der Waals surface area contributed by atoms with Crippen molar-refractivity contribution in [3.63, 3.8) is 0 Å². The molecule has 0 aromatic carbocycles. The molecule has 4 nitrogen and oxygen atoms in total. The fraction of sp³-hybridized carbons (Fsp3) is 0.333. The summed E-state index contributed by atoms with van der Waals surface area (Å²) in [7, 11) is 1.50. The largest absolute Gasteiger partial charge is 0.375 e. The van der Waals surface area contributed by atoms with Crippen molar-refractivity contribution in [3.8, 4) is 0 Å². The Morgan fingerprint density at radius 1 is 1.64 bits per heavy atom. The zero-order valence-electron chi connectivity index (χ0n) is 6.59. The summed E-state index contributed by atoms with van der Waals surface area (Å²) in [5.74, 6) is 0. The van der Waals surface area contributed by atoms with Crippen LogP contribution in [0.1, 0.15) is 12.6 Å². The Morgan fingerprint density at radius 3 is 2.36 bits per heavy atom. The number of hydrogen-bond acceptors (Lipinski definition) is 5. The van der Waals surface area contributed by atoms with Crippen molar-refractivity contribution in [1.29, 1.82) is 5.41 Å². The Kier molecular flexibility index (Phi) is 4.40. The predicted molar refractivity (Wildman–Crippen MR) is 49.1 cm³/mol. The average Bonchev–Trinajstić information content (AvgIpc) is 2.40. The van der Waals surface area contributed by atoms with Crippen LogP contribution in [-0.4, -0.2) is 17.7 Å². The van der Waals surface area contributed by atoms with E-state index < -0.39 is 0 Å². The number of nitrogens with two attached hydrogens (primary N) is 2. The fourth-order valence-electron chi connectivity index (χ4n) is 0.460. The number of thiazole rings is 1. The quantitative estimate of drug-likeness (QED) is 0.544. The van der Waals surface area contributed by atoms with Crippen molar-refractivity contribution in [2.24, 2.45) is 5.73 Å². The molecule has 1 rings (SSSR count). The first-order chi connectivity index (χ1) is 5.20. The molecule has 1 aromatic rings. The lowest BCUT2D eigenvalue weighted by Crippen LogP contribution is -1.92. The van der Waals surface area contributed by atoms with E-state index in [2.05, 4.69) is 10.7 Å². The molecule has 5 N–H and O–H groups in total. The molecule has 5 heteroatoms. The zero-order valence-corrected chi connectivity index (χ0v) is 7.40. The van der Waals surface area contributed by atoms with Crippen molar-refractivity contribution in [3.05, 3.63) is 11.1 Å². The number of anilines is 1. The van der Waals surface area contributed by atoms with Gasteiger partial charge in [0.15, 0.2) is 5.13 Å². The van der Waals surface area contributed by atoms with E-state index >= 15 is 0 Å². The van der Waals surface area contributed by atoms with E-state index in [1.165, 1.54) is 18.4 Å². The van der Waals surface area contributed by atoms with Gasteiger partial charge in [-0.05, 0) is 14.0 Å². The number of hydrogen-bond donors (Lipinski definition) is 3. The fourth-order valence-corrected chi connectivity index (χ4v) is 1.07. The monoisotopic (exact) mass is 172 g/mol. The van der Waals surface area contributed by atoms with Crippen molar-refractivity contribution < 1.29 is 0 Å². The molecule has 0 saturated carbocycles. The molecular formula is C6H12N4S. The molecule has 0 aliphatic rings. The summed E-state index contributed by atoms with van der Waals surface area (Å²) in [6, 6.07) is 0. The van der Waals surface area contributed by atoms with Gasteiger partial charge in [0, 0.05) is 5.38 Å². The molecule has 1 aromatic heterocycles. The Labute approximate surface area is 69.8 Å². The highest BCUT2D eigenvalue weighted by atomic mass is 32.1. The summed E-state index contributed by atoms with van der Waals surface area (Å²) in [4.78, 5) is 3.88. The van der Waals surface area contributed by atoms with Gasteiger partial charge in [0.25, 0.3) is 0 Å². The van der Waals surface area contributed by atoms with Crippen LogP contribution < -0.4 is 11.5 Å². The molecule has 0 fully saturated rings. The van der Waals surface area contributed by atoms with Gasteiger partial charge in [-0.2, -0.15) is 0 Å². The second-order valence-corrected chi connectivity index (χ2v) is 2.59. The molecule has 0 radical (unpaired) electrons. The van der Waals surface area contributed by atoms with Crippen molar-refractivity contribution in [1.82, 2.24) is 4.98 Å². The number of nitrogens with one attached hydrogen (secondary N) is 1. The molecule has 0 bridgehead atoms. The van der Waals surface area contributed by atoms with Crippen LogP contribution in [0.25, 0.3) is 0 Å². The van der Waals surface area contributed by atoms with Gasteiger partial charge in [0.05, 0.1) is 11.4 Å². The molecule has 11 heavy (non-hydrogen) atoms. The first-order valence-electron chi connectivity index (χ1n) is 3.04. The lowest BCUT2D eigenvalue weighted by atomic mass is 10.3. The standard InChI is InChI=1S/C5H7N3S.CH5N/c1-3(6)4-2-9-5(7)8-4;1-2/h2,6H,1H3,(H2,7,8);2H2,1H3. The van der Waals surface area contributed by atoms with Crippen LogP contribution in [0.3, 0.4) is 0 Å². The maximum atomic E-state index is 7.14. The van der Waals surface area contributed by atoms with Gasteiger partial charge in [-0.3, -0.25) is 0 Å². The summed E-state index contributed by atoms with van der Waals surface area (Å²) in [6.07, 6.45) is 0. The first kappa shape index (κ1) is 10.1. The van der Waals surface area contributed by atoms with E-state index in [0.717, 1.165) is 0 Å². The van der Waals surface area contributed by atoms with E-state index in [4.69, 9.17) is 11.1 Å². The number of aromatic nitrogens is 1. The summed E-state index contributed by atoms with van der Waals surface area (Å²) >= 11 is 1.36. The van der Waals surface area contributed by atoms with Crippen LogP contribution in [-0.2, 0) is 0 Å². The summed E-state index contributed by atoms with van der Waals surface area (Å²) in [6.45, 7) is 1.69. The molecule has 0 saturated heterocycles. The minimum atomic E-state index is 0.461. The predicted octanol–water partition coefficient (Wildman–Crippen LogP) is 0.688. The number of nitrogens with zero attached hydrogens (tertiary/aromatic N) is 1. The van der Waals surface area contributed by atoms with Gasteiger partial charge in [-0.15, -0.1) is 11.3 Å². The smallest absolute Gasteiger partial charge is 0.180 e. The zero-order chi connectivity index (χ0) is 8.85. The van der Waals surface area contributed by atoms with Gasteiger partial charge < -0.3 is 16.9 Å². The minimum absolute atomic E-state index is 0.461. The molecule has 0 aliphatic carbocycles. The van der Waals surface area contributed by atoms with Crippen molar-refractivity contribution in [2.45, 2.75) is 6.92 Å². The Bertz CT molecular complexity index is 230. The summed E-state index contributed by atoms with van der Waals surface area (Å²) in [5, 5.41) is 9.44. The maximum absolute atomic E-state index is 7.14. The van der Waals surface area contributed by atoms with Crippen molar-refractivity contribution in [2.75, 3.05) is 12.8 Å². The molecule has 0 aliphatic heterocycles. The lowest BCUT2D eigenvalue weighted by Gasteiger charge is -1.84. The number of rotatable bonds is 1. The molecule has 0 amide bonds. The maximum Gasteiger partial charge on any atom is 0.180 e. The Hall–Kier alpha value is -0.940. The third-order valence-electron chi connectivity index (χ3n) is 0.906. The van der Waals surface area contributed by atoms with E-state index in [9.17, 15) is 0 Å². The molecule has 0 atom stereocenters. The third kappa shape index (κ3) is 3.10. The SMILES string of the molecule is CC(=N)c1csc(N)n1.CN. The normalized spacial score (nSPS) is 8.27. The van der Waals surface area contributed by atoms with Gasteiger partial charge in [-0.1, -0.05) is 0 Å². The van der Waals surface area contributed by atoms with Gasteiger partial charge in [0.1, 0.15) is 0 Å². The summed E-state index contributed by atoms with van der Waals surface area (Å²) in [5.41, 5.74) is 11.0. The number of nitrogen functional groups attached to an aromatic ring is 1. The second-order valence-electron chi connectivity index (χ2n) is 1.70. The molecule has 0 spiro atoms. The van der Waals surface area contributed by atoms with Gasteiger partial charge in [-0.25, -0.2) is 4.98 Å². The van der Waals surface area contributed by atoms with Crippen LogP contribution in [0, 0.1) is 5.41 Å². The highest BCUT2D eigenvalue weighted by Gasteiger charge is 1.97. The highest BCUT2D eigenvalue weighted by Crippen LogP contribution is 2.10. The van der Waals surface area contributed by atoms with E-state index in [1.807, 2.05) is 0 Å². The average molecular weight is 172 g/mol. The van der Waals surface area contributed by atoms with Gasteiger partial charge >= 0.3 is 0 Å². The van der Waals surface area contributed by atoms with E-state index in [0.29, 0.717) is 16.5 Å². The molecule has 0 unspecified atom stereocenters. The molecular weight excluding hydrogens is 160 g/mol. The van der Waals surface area contributed by atoms with E-state index in [-0.39, 0.29) is 0 Å². The molecule has 1 heterocycles. The van der Waals surface area contributed by atoms with Crippen LogP contribution in [0.4, 0.5) is 5.13 Å². The van der Waals surface area contributed by atoms with Crippen LogP contribution >= 0.6 is 11.3 Å². The Morgan fingerprint density at radius 2 is 2.18 bits per heavy atom. The second kappa shape index (κ2) is 4.81. The van der Waals surface area contributed by atoms with Crippen LogP contribution in [0.2, 0.25) is 0 Å².